The van der Waals surface area contributed by atoms with Gasteiger partial charge in [-0.3, -0.25) is 4.79 Å². The summed E-state index contributed by atoms with van der Waals surface area (Å²) >= 11 is 11.9. The van der Waals surface area contributed by atoms with Crippen LogP contribution in [0.15, 0.2) is 36.4 Å². The molecule has 0 radical (unpaired) electrons. The molecule has 0 unspecified atom stereocenters. The molecule has 0 spiro atoms. The Bertz CT molecular complexity index is 756. The number of rotatable bonds is 5. The number of carbonyl (C=O) groups excluding carboxylic acids is 1. The Labute approximate surface area is 152 Å². The highest BCUT2D eigenvalue weighted by Gasteiger charge is 2.32. The van der Waals surface area contributed by atoms with Crippen LogP contribution in [0.4, 0.5) is 13.2 Å². The summed E-state index contributed by atoms with van der Waals surface area (Å²) in [6.45, 7) is -0.0537. The van der Waals surface area contributed by atoms with Crippen LogP contribution in [-0.2, 0) is 12.6 Å². The fourth-order valence-electron chi connectivity index (χ4n) is 2.23. The van der Waals surface area contributed by atoms with E-state index >= 15 is 0 Å². The molecule has 25 heavy (non-hydrogen) atoms. The largest absolute Gasteiger partial charge is 0.416 e. The zero-order chi connectivity index (χ0) is 18.6. The van der Waals surface area contributed by atoms with Crippen LogP contribution in [0.2, 0.25) is 10.0 Å². The highest BCUT2D eigenvalue weighted by molar-refractivity contribution is 6.36. The van der Waals surface area contributed by atoms with E-state index in [0.29, 0.717) is 16.7 Å². The second-order valence-electron chi connectivity index (χ2n) is 5.27. The van der Waals surface area contributed by atoms with E-state index < -0.39 is 11.7 Å². The quantitative estimate of drug-likeness (QED) is 0.796. The van der Waals surface area contributed by atoms with Gasteiger partial charge in [-0.2, -0.15) is 13.2 Å². The summed E-state index contributed by atoms with van der Waals surface area (Å²) in [5.41, 5.74) is 0.470. The SMILES string of the molecule is O=C(NCCO)c1cccc(Cc2c(Cl)cc(C(F)(F)F)cc2Cl)c1. The molecule has 0 heterocycles. The number of aliphatic hydroxyl groups excluding tert-OH is 1. The topological polar surface area (TPSA) is 49.3 Å². The highest BCUT2D eigenvalue weighted by atomic mass is 35.5. The molecule has 0 saturated heterocycles. The molecule has 2 N–H and O–H groups in total. The lowest BCUT2D eigenvalue weighted by molar-refractivity contribution is -0.137. The lowest BCUT2D eigenvalue weighted by Gasteiger charge is -2.13. The maximum Gasteiger partial charge on any atom is 0.416 e. The van der Waals surface area contributed by atoms with Gasteiger partial charge in [-0.25, -0.2) is 0 Å². The average Bonchev–Trinajstić information content (AvgIpc) is 2.55. The van der Waals surface area contributed by atoms with Crippen LogP contribution in [0.25, 0.3) is 0 Å². The summed E-state index contributed by atoms with van der Waals surface area (Å²) in [5.74, 6) is -0.361. The Morgan fingerprint density at radius 3 is 2.32 bits per heavy atom. The van der Waals surface area contributed by atoms with E-state index in [-0.39, 0.29) is 35.5 Å². The Morgan fingerprint density at radius 2 is 1.76 bits per heavy atom. The van der Waals surface area contributed by atoms with Crippen LogP contribution in [0.5, 0.6) is 0 Å². The van der Waals surface area contributed by atoms with Crippen molar-refractivity contribution >= 4 is 29.1 Å². The molecule has 2 aromatic rings. The van der Waals surface area contributed by atoms with Crippen LogP contribution < -0.4 is 5.32 Å². The Morgan fingerprint density at radius 1 is 1.12 bits per heavy atom. The van der Waals surface area contributed by atoms with Gasteiger partial charge < -0.3 is 10.4 Å². The standard InChI is InChI=1S/C17H14Cl2F3NO2/c18-14-8-12(17(20,21)22)9-15(19)13(14)7-10-2-1-3-11(6-10)16(25)23-4-5-24/h1-3,6,8-9,24H,4-5,7H2,(H,23,25). The summed E-state index contributed by atoms with van der Waals surface area (Å²) < 4.78 is 38.3. The molecule has 0 aliphatic heterocycles. The van der Waals surface area contributed by atoms with Crippen LogP contribution >= 0.6 is 23.2 Å². The maximum absolute atomic E-state index is 12.8. The van der Waals surface area contributed by atoms with Gasteiger partial charge in [-0.1, -0.05) is 35.3 Å². The smallest absolute Gasteiger partial charge is 0.395 e. The van der Waals surface area contributed by atoms with Gasteiger partial charge in [0.15, 0.2) is 0 Å². The lowest BCUT2D eigenvalue weighted by Crippen LogP contribution is -2.26. The van der Waals surface area contributed by atoms with Crippen LogP contribution in [0, 0.1) is 0 Å². The minimum atomic E-state index is -4.53. The summed E-state index contributed by atoms with van der Waals surface area (Å²) in [5, 5.41) is 11.1. The molecule has 134 valence electrons. The molecule has 0 fully saturated rings. The fourth-order valence-corrected chi connectivity index (χ4v) is 2.85. The van der Waals surface area contributed by atoms with Gasteiger partial charge in [0.1, 0.15) is 0 Å². The van der Waals surface area contributed by atoms with Gasteiger partial charge in [0, 0.05) is 28.6 Å². The first-order valence-corrected chi connectivity index (χ1v) is 8.01. The summed E-state index contributed by atoms with van der Waals surface area (Å²) in [7, 11) is 0. The highest BCUT2D eigenvalue weighted by Crippen LogP contribution is 2.36. The van der Waals surface area contributed by atoms with E-state index in [4.69, 9.17) is 28.3 Å². The number of carbonyl (C=O) groups is 1. The third kappa shape index (κ3) is 5.11. The first kappa shape index (κ1) is 19.6. The number of halogens is 5. The minimum absolute atomic E-state index is 0.0880. The molecule has 0 saturated carbocycles. The second-order valence-corrected chi connectivity index (χ2v) is 6.09. The number of amides is 1. The van der Waals surface area contributed by atoms with Crippen molar-refractivity contribution in [1.82, 2.24) is 5.32 Å². The number of hydrogen-bond donors (Lipinski definition) is 2. The van der Waals surface area contributed by atoms with Crippen LogP contribution in [0.3, 0.4) is 0 Å². The molecule has 0 atom stereocenters. The molecule has 0 aromatic heterocycles. The zero-order valence-corrected chi connectivity index (χ0v) is 14.3. The molecular formula is C17H14Cl2F3NO2. The average molecular weight is 392 g/mol. The molecule has 1 amide bonds. The second kappa shape index (κ2) is 8.08. The van der Waals surface area contributed by atoms with E-state index in [1.807, 2.05) is 0 Å². The van der Waals surface area contributed by atoms with Gasteiger partial charge in [-0.15, -0.1) is 0 Å². The Balaban J connectivity index is 2.27. The van der Waals surface area contributed by atoms with Crippen molar-refractivity contribution in [3.05, 3.63) is 68.7 Å². The zero-order valence-electron chi connectivity index (χ0n) is 12.8. The van der Waals surface area contributed by atoms with Crippen molar-refractivity contribution in [2.24, 2.45) is 0 Å². The van der Waals surface area contributed by atoms with Crippen molar-refractivity contribution in [2.75, 3.05) is 13.2 Å². The number of alkyl halides is 3. The fraction of sp³-hybridized carbons (Fsp3) is 0.235. The van der Waals surface area contributed by atoms with Crippen molar-refractivity contribution in [3.63, 3.8) is 0 Å². The van der Waals surface area contributed by atoms with Gasteiger partial charge >= 0.3 is 6.18 Å². The van der Waals surface area contributed by atoms with E-state index in [1.165, 1.54) is 0 Å². The number of aliphatic hydroxyl groups is 1. The number of hydrogen-bond acceptors (Lipinski definition) is 2. The third-order valence-electron chi connectivity index (χ3n) is 3.44. The Hall–Kier alpha value is -1.76. The number of nitrogens with one attached hydrogen (secondary N) is 1. The van der Waals surface area contributed by atoms with Crippen molar-refractivity contribution in [1.29, 1.82) is 0 Å². The predicted octanol–water partition coefficient (Wildman–Crippen LogP) is 4.33. The third-order valence-corrected chi connectivity index (χ3v) is 4.11. The van der Waals surface area contributed by atoms with Crippen molar-refractivity contribution in [2.45, 2.75) is 12.6 Å². The molecular weight excluding hydrogens is 378 g/mol. The van der Waals surface area contributed by atoms with Crippen molar-refractivity contribution < 1.29 is 23.1 Å². The van der Waals surface area contributed by atoms with Crippen LogP contribution in [0.1, 0.15) is 27.0 Å². The molecule has 0 aliphatic rings. The van der Waals surface area contributed by atoms with Crippen LogP contribution in [-0.4, -0.2) is 24.2 Å². The summed E-state index contributed by atoms with van der Waals surface area (Å²) in [4.78, 5) is 11.9. The predicted molar refractivity (Wildman–Crippen MR) is 90.1 cm³/mol. The monoisotopic (exact) mass is 391 g/mol. The molecule has 3 nitrogen and oxygen atoms in total. The minimum Gasteiger partial charge on any atom is -0.395 e. The van der Waals surface area contributed by atoms with Gasteiger partial charge in [-0.05, 0) is 35.4 Å². The Kier molecular flexibility index (Phi) is 6.32. The maximum atomic E-state index is 12.8. The van der Waals surface area contributed by atoms with Gasteiger partial charge in [0.2, 0.25) is 0 Å². The van der Waals surface area contributed by atoms with Gasteiger partial charge in [0.05, 0.1) is 12.2 Å². The molecule has 0 bridgehead atoms. The van der Waals surface area contributed by atoms with Gasteiger partial charge in [0.25, 0.3) is 5.91 Å². The molecule has 8 heteroatoms. The van der Waals surface area contributed by atoms with E-state index in [1.54, 1.807) is 24.3 Å². The normalized spacial score (nSPS) is 11.4. The molecule has 2 rings (SSSR count). The van der Waals surface area contributed by atoms with Crippen molar-refractivity contribution in [3.8, 4) is 0 Å². The molecule has 0 aliphatic carbocycles. The number of benzene rings is 2. The molecule has 2 aromatic carbocycles. The summed E-state index contributed by atoms with van der Waals surface area (Å²) in [6, 6.07) is 8.21. The van der Waals surface area contributed by atoms with E-state index in [0.717, 1.165) is 12.1 Å². The first-order chi connectivity index (χ1) is 11.7. The summed E-state index contributed by atoms with van der Waals surface area (Å²) in [6.07, 6.45) is -4.35. The first-order valence-electron chi connectivity index (χ1n) is 7.25. The lowest BCUT2D eigenvalue weighted by atomic mass is 10.0. The van der Waals surface area contributed by atoms with E-state index in [2.05, 4.69) is 5.32 Å². The van der Waals surface area contributed by atoms with E-state index in [9.17, 15) is 18.0 Å².